The zero-order chi connectivity index (χ0) is 15.3. The normalized spacial score (nSPS) is 13.1. The number of carbonyl (C=O) groups excluding carboxylic acids is 1. The van der Waals surface area contributed by atoms with Crippen LogP contribution in [0.15, 0.2) is 22.7 Å². The third-order valence-corrected chi connectivity index (χ3v) is 3.64. The number of halogens is 4. The molecule has 0 bridgehead atoms. The minimum atomic E-state index is -4.44. The number of hydrogen-bond acceptors (Lipinski definition) is 2. The van der Waals surface area contributed by atoms with Crippen molar-refractivity contribution in [1.29, 1.82) is 0 Å². The monoisotopic (exact) mass is 352 g/mol. The van der Waals surface area contributed by atoms with Crippen LogP contribution < -0.4 is 11.1 Å². The number of nitrogens with two attached hydrogens (primary N) is 1. The molecule has 0 aliphatic carbocycles. The number of anilines is 1. The van der Waals surface area contributed by atoms with Gasteiger partial charge in [0.2, 0.25) is 5.91 Å². The first-order valence-electron chi connectivity index (χ1n) is 6.14. The highest BCUT2D eigenvalue weighted by atomic mass is 79.9. The average Bonchev–Trinajstić information content (AvgIpc) is 2.37. The van der Waals surface area contributed by atoms with Gasteiger partial charge >= 0.3 is 6.18 Å². The molecule has 0 saturated heterocycles. The van der Waals surface area contributed by atoms with E-state index in [0.29, 0.717) is 11.0 Å². The molecule has 0 heterocycles. The van der Waals surface area contributed by atoms with E-state index in [-0.39, 0.29) is 23.9 Å². The Labute approximate surface area is 123 Å². The lowest BCUT2D eigenvalue weighted by molar-refractivity contribution is -0.137. The summed E-state index contributed by atoms with van der Waals surface area (Å²) in [5.41, 5.74) is 4.80. The van der Waals surface area contributed by atoms with Crippen LogP contribution in [0.5, 0.6) is 0 Å². The van der Waals surface area contributed by atoms with E-state index >= 15 is 0 Å². The molecular formula is C13H16BrF3N2O. The van der Waals surface area contributed by atoms with E-state index < -0.39 is 11.7 Å². The standard InChI is InChI=1S/C13H16BrF3N2O/c1-2-8(7-18)5-12(20)19-11-6-9(13(15,16)17)3-4-10(11)14/h3-4,6,8H,2,5,7,18H2,1H3,(H,19,20). The summed E-state index contributed by atoms with van der Waals surface area (Å²) < 4.78 is 38.2. The van der Waals surface area contributed by atoms with Crippen LogP contribution in [0.1, 0.15) is 25.3 Å². The first-order chi connectivity index (χ1) is 9.27. The number of nitrogens with one attached hydrogen (secondary N) is 1. The molecule has 7 heteroatoms. The Balaban J connectivity index is 2.84. The first-order valence-corrected chi connectivity index (χ1v) is 6.93. The van der Waals surface area contributed by atoms with E-state index in [2.05, 4.69) is 21.2 Å². The van der Waals surface area contributed by atoms with E-state index in [1.54, 1.807) is 0 Å². The number of hydrogen-bond donors (Lipinski definition) is 2. The van der Waals surface area contributed by atoms with E-state index in [1.807, 2.05) is 6.92 Å². The lowest BCUT2D eigenvalue weighted by Gasteiger charge is -2.14. The van der Waals surface area contributed by atoms with Crippen molar-refractivity contribution in [2.24, 2.45) is 11.7 Å². The molecule has 1 unspecified atom stereocenters. The maximum Gasteiger partial charge on any atom is 0.416 e. The van der Waals surface area contributed by atoms with Crippen molar-refractivity contribution in [3.05, 3.63) is 28.2 Å². The molecule has 1 aromatic carbocycles. The Morgan fingerprint density at radius 2 is 2.10 bits per heavy atom. The molecule has 0 radical (unpaired) electrons. The van der Waals surface area contributed by atoms with Crippen molar-refractivity contribution in [2.75, 3.05) is 11.9 Å². The molecule has 1 amide bonds. The second-order valence-electron chi connectivity index (χ2n) is 4.45. The predicted molar refractivity (Wildman–Crippen MR) is 75.2 cm³/mol. The second-order valence-corrected chi connectivity index (χ2v) is 5.31. The van der Waals surface area contributed by atoms with Gasteiger partial charge in [0.25, 0.3) is 0 Å². The summed E-state index contributed by atoms with van der Waals surface area (Å²) in [7, 11) is 0. The summed E-state index contributed by atoms with van der Waals surface area (Å²) in [6.07, 6.45) is -3.51. The van der Waals surface area contributed by atoms with Crippen LogP contribution in [0.4, 0.5) is 18.9 Å². The maximum atomic E-state index is 12.6. The second kappa shape index (κ2) is 7.08. The Morgan fingerprint density at radius 1 is 1.45 bits per heavy atom. The van der Waals surface area contributed by atoms with E-state index in [1.165, 1.54) is 6.07 Å². The molecule has 0 fully saturated rings. The number of benzene rings is 1. The third kappa shape index (κ3) is 4.79. The lowest BCUT2D eigenvalue weighted by atomic mass is 10.0. The van der Waals surface area contributed by atoms with Gasteiger partial charge in [-0.1, -0.05) is 13.3 Å². The molecule has 3 nitrogen and oxygen atoms in total. The van der Waals surface area contributed by atoms with Gasteiger partial charge in [0.05, 0.1) is 11.3 Å². The average molecular weight is 353 g/mol. The highest BCUT2D eigenvalue weighted by molar-refractivity contribution is 9.10. The van der Waals surface area contributed by atoms with Crippen molar-refractivity contribution >= 4 is 27.5 Å². The molecule has 0 aromatic heterocycles. The molecule has 0 spiro atoms. The van der Waals surface area contributed by atoms with Crippen LogP contribution in [0.25, 0.3) is 0 Å². The van der Waals surface area contributed by atoms with Crippen LogP contribution in [0.2, 0.25) is 0 Å². The van der Waals surface area contributed by atoms with Crippen LogP contribution in [-0.2, 0) is 11.0 Å². The van der Waals surface area contributed by atoms with Crippen LogP contribution in [0, 0.1) is 5.92 Å². The van der Waals surface area contributed by atoms with Gasteiger partial charge in [-0.2, -0.15) is 13.2 Å². The van der Waals surface area contributed by atoms with Gasteiger partial charge in [-0.15, -0.1) is 0 Å². The summed E-state index contributed by atoms with van der Waals surface area (Å²) in [4.78, 5) is 11.8. The SMILES string of the molecule is CCC(CN)CC(=O)Nc1cc(C(F)(F)F)ccc1Br. The molecule has 1 atom stereocenters. The number of alkyl halides is 3. The van der Waals surface area contributed by atoms with E-state index in [4.69, 9.17) is 5.73 Å². The fraction of sp³-hybridized carbons (Fsp3) is 0.462. The van der Waals surface area contributed by atoms with Crippen molar-refractivity contribution in [2.45, 2.75) is 25.9 Å². The zero-order valence-electron chi connectivity index (χ0n) is 10.9. The predicted octanol–water partition coefficient (Wildman–Crippen LogP) is 3.78. The maximum absolute atomic E-state index is 12.6. The van der Waals surface area contributed by atoms with E-state index in [0.717, 1.165) is 18.6 Å². The topological polar surface area (TPSA) is 55.1 Å². The molecule has 3 N–H and O–H groups in total. The first kappa shape index (κ1) is 17.0. The molecule has 112 valence electrons. The smallest absolute Gasteiger partial charge is 0.330 e. The molecule has 1 aromatic rings. The van der Waals surface area contributed by atoms with Gasteiger partial charge in [-0.25, -0.2) is 0 Å². The van der Waals surface area contributed by atoms with Crippen LogP contribution in [-0.4, -0.2) is 12.5 Å². The summed E-state index contributed by atoms with van der Waals surface area (Å²) in [6, 6.07) is 3.12. The van der Waals surface area contributed by atoms with Crippen LogP contribution >= 0.6 is 15.9 Å². The van der Waals surface area contributed by atoms with Gasteiger partial charge in [0.15, 0.2) is 0 Å². The van der Waals surface area contributed by atoms with Gasteiger partial charge < -0.3 is 11.1 Å². The Kier molecular flexibility index (Phi) is 6.01. The molecule has 20 heavy (non-hydrogen) atoms. The van der Waals surface area contributed by atoms with Crippen molar-refractivity contribution in [3.63, 3.8) is 0 Å². The Hall–Kier alpha value is -1.08. The minimum Gasteiger partial charge on any atom is -0.330 e. The molecule has 0 aliphatic heterocycles. The van der Waals surface area contributed by atoms with Gasteiger partial charge in [-0.05, 0) is 46.6 Å². The largest absolute Gasteiger partial charge is 0.416 e. The summed E-state index contributed by atoms with van der Waals surface area (Å²) >= 11 is 3.12. The minimum absolute atomic E-state index is 0.0274. The highest BCUT2D eigenvalue weighted by Crippen LogP contribution is 2.34. The van der Waals surface area contributed by atoms with Gasteiger partial charge in [0, 0.05) is 10.9 Å². The van der Waals surface area contributed by atoms with Gasteiger partial charge in [0.1, 0.15) is 0 Å². The van der Waals surface area contributed by atoms with E-state index in [9.17, 15) is 18.0 Å². The van der Waals surface area contributed by atoms with Crippen molar-refractivity contribution < 1.29 is 18.0 Å². The fourth-order valence-corrected chi connectivity index (χ4v) is 2.00. The molecule has 0 aliphatic rings. The molecule has 1 rings (SSSR count). The fourth-order valence-electron chi connectivity index (χ4n) is 1.66. The molecular weight excluding hydrogens is 337 g/mol. The Morgan fingerprint density at radius 3 is 2.60 bits per heavy atom. The summed E-state index contributed by atoms with van der Waals surface area (Å²) in [6.45, 7) is 2.28. The zero-order valence-corrected chi connectivity index (χ0v) is 12.5. The Bertz CT molecular complexity index is 473. The quantitative estimate of drug-likeness (QED) is 0.847. The number of carbonyl (C=O) groups is 1. The van der Waals surface area contributed by atoms with Crippen molar-refractivity contribution in [3.8, 4) is 0 Å². The summed E-state index contributed by atoms with van der Waals surface area (Å²) in [5.74, 6) is -0.318. The number of rotatable bonds is 5. The highest BCUT2D eigenvalue weighted by Gasteiger charge is 2.31. The van der Waals surface area contributed by atoms with Crippen molar-refractivity contribution in [1.82, 2.24) is 0 Å². The number of amides is 1. The molecule has 0 saturated carbocycles. The third-order valence-electron chi connectivity index (χ3n) is 2.95. The lowest BCUT2D eigenvalue weighted by Crippen LogP contribution is -2.22. The van der Waals surface area contributed by atoms with Crippen LogP contribution in [0.3, 0.4) is 0 Å². The van der Waals surface area contributed by atoms with Gasteiger partial charge in [-0.3, -0.25) is 4.79 Å². The summed E-state index contributed by atoms with van der Waals surface area (Å²) in [5, 5.41) is 2.48.